The second kappa shape index (κ2) is 8.97. The van der Waals surface area contributed by atoms with E-state index in [1.807, 2.05) is 30.0 Å². The van der Waals surface area contributed by atoms with Crippen LogP contribution in [0.1, 0.15) is 23.7 Å². The zero-order chi connectivity index (χ0) is 21.1. The molecule has 0 saturated carbocycles. The number of piperidine rings is 1. The quantitative estimate of drug-likeness (QED) is 0.750. The van der Waals surface area contributed by atoms with Crippen molar-refractivity contribution in [2.75, 3.05) is 38.7 Å². The van der Waals surface area contributed by atoms with Gasteiger partial charge in [-0.2, -0.15) is 4.37 Å². The van der Waals surface area contributed by atoms with Gasteiger partial charge < -0.3 is 19.7 Å². The number of nitrogens with zero attached hydrogens (tertiary/aromatic N) is 3. The zero-order valence-electron chi connectivity index (χ0n) is 17.0. The van der Waals surface area contributed by atoms with Crippen LogP contribution in [0.5, 0.6) is 5.75 Å². The fourth-order valence-corrected chi connectivity index (χ4v) is 4.39. The van der Waals surface area contributed by atoms with Crippen molar-refractivity contribution >= 4 is 28.5 Å². The Morgan fingerprint density at radius 2 is 2.17 bits per heavy atom. The molecule has 30 heavy (non-hydrogen) atoms. The van der Waals surface area contributed by atoms with Gasteiger partial charge >= 0.3 is 6.03 Å². The fraction of sp³-hybridized carbons (Fsp3) is 0.500. The van der Waals surface area contributed by atoms with E-state index >= 15 is 0 Å². The number of nitrogens with one attached hydrogen (secondary N) is 2. The molecule has 4 rings (SSSR count). The van der Waals surface area contributed by atoms with Crippen LogP contribution in [0.25, 0.3) is 0 Å². The summed E-state index contributed by atoms with van der Waals surface area (Å²) in [6, 6.07) is 5.13. The summed E-state index contributed by atoms with van der Waals surface area (Å²) in [5, 5.41) is 6.60. The van der Waals surface area contributed by atoms with Crippen molar-refractivity contribution in [1.82, 2.24) is 19.6 Å². The van der Waals surface area contributed by atoms with E-state index in [4.69, 9.17) is 9.47 Å². The van der Waals surface area contributed by atoms with Gasteiger partial charge in [-0.25, -0.2) is 4.79 Å². The van der Waals surface area contributed by atoms with E-state index in [9.17, 15) is 9.59 Å². The van der Waals surface area contributed by atoms with Crippen molar-refractivity contribution in [1.29, 1.82) is 0 Å². The Morgan fingerprint density at radius 1 is 1.33 bits per heavy atom. The summed E-state index contributed by atoms with van der Waals surface area (Å²) in [7, 11) is 1.59. The van der Waals surface area contributed by atoms with Crippen LogP contribution in [0.2, 0.25) is 0 Å². The molecular weight excluding hydrogens is 406 g/mol. The monoisotopic (exact) mass is 431 g/mol. The molecule has 2 atom stereocenters. The van der Waals surface area contributed by atoms with Crippen molar-refractivity contribution < 1.29 is 19.1 Å². The zero-order valence-corrected chi connectivity index (χ0v) is 17.8. The summed E-state index contributed by atoms with van der Waals surface area (Å²) < 4.78 is 14.6. The van der Waals surface area contributed by atoms with Crippen LogP contribution in [0, 0.1) is 12.8 Å². The number of anilines is 1. The number of carbonyl (C=O) groups excluding carboxylic acids is 2. The third kappa shape index (κ3) is 4.54. The normalized spacial score (nSPS) is 21.6. The van der Waals surface area contributed by atoms with Gasteiger partial charge in [0.15, 0.2) is 0 Å². The predicted molar refractivity (Wildman–Crippen MR) is 112 cm³/mol. The third-order valence-corrected chi connectivity index (χ3v) is 6.26. The molecule has 2 aliphatic heterocycles. The Balaban J connectivity index is 1.48. The van der Waals surface area contributed by atoms with Crippen molar-refractivity contribution in [2.24, 2.45) is 5.92 Å². The van der Waals surface area contributed by atoms with Crippen molar-refractivity contribution in [2.45, 2.75) is 25.3 Å². The first-order chi connectivity index (χ1) is 14.5. The van der Waals surface area contributed by atoms with Gasteiger partial charge in [-0.1, -0.05) is 0 Å². The van der Waals surface area contributed by atoms with E-state index in [2.05, 4.69) is 20.0 Å². The number of likely N-dealkylation sites (tertiary alicyclic amines) is 1. The Kier molecular flexibility index (Phi) is 6.14. The molecule has 2 aliphatic rings. The lowest BCUT2D eigenvalue weighted by molar-refractivity contribution is -0.151. The molecule has 0 spiro atoms. The van der Waals surface area contributed by atoms with Gasteiger partial charge in [0.1, 0.15) is 10.8 Å². The van der Waals surface area contributed by atoms with E-state index in [1.54, 1.807) is 13.3 Å². The molecule has 2 fully saturated rings. The summed E-state index contributed by atoms with van der Waals surface area (Å²) in [6.45, 7) is 3.94. The van der Waals surface area contributed by atoms with Crippen molar-refractivity contribution in [3.8, 4) is 5.75 Å². The molecule has 2 N–H and O–H groups in total. The van der Waals surface area contributed by atoms with Crippen LogP contribution in [0.3, 0.4) is 0 Å². The second-order valence-electron chi connectivity index (χ2n) is 7.57. The lowest BCUT2D eigenvalue weighted by atomic mass is 9.88. The number of hydrogen-bond donors (Lipinski definition) is 2. The highest BCUT2D eigenvalue weighted by Gasteiger charge is 2.38. The Bertz CT molecular complexity index is 899. The molecule has 3 amide bonds. The van der Waals surface area contributed by atoms with E-state index in [0.717, 1.165) is 11.4 Å². The molecular formula is C20H25N5O4S. The highest BCUT2D eigenvalue weighted by Crippen LogP contribution is 2.29. The number of amides is 3. The molecule has 160 valence electrons. The Labute approximate surface area is 178 Å². The van der Waals surface area contributed by atoms with Crippen LogP contribution in [0.4, 0.5) is 9.80 Å². The van der Waals surface area contributed by atoms with E-state index in [0.29, 0.717) is 43.5 Å². The number of hydrogen-bond acceptors (Lipinski definition) is 7. The first-order valence-corrected chi connectivity index (χ1v) is 10.7. The van der Waals surface area contributed by atoms with Crippen LogP contribution in [0.15, 0.2) is 24.4 Å². The first kappa shape index (κ1) is 20.5. The van der Waals surface area contributed by atoms with Gasteiger partial charge in [0.25, 0.3) is 0 Å². The van der Waals surface area contributed by atoms with Crippen LogP contribution in [-0.2, 0) is 9.53 Å². The molecule has 0 unspecified atom stereocenters. The lowest BCUT2D eigenvalue weighted by Crippen LogP contribution is -2.55. The number of aromatic nitrogens is 2. The van der Waals surface area contributed by atoms with Gasteiger partial charge in [0.05, 0.1) is 38.1 Å². The lowest BCUT2D eigenvalue weighted by Gasteiger charge is -2.41. The maximum absolute atomic E-state index is 12.7. The molecule has 0 aliphatic carbocycles. The number of ether oxygens (including phenoxy) is 2. The minimum absolute atomic E-state index is 0.0585. The average Bonchev–Trinajstić information content (AvgIpc) is 3.11. The van der Waals surface area contributed by atoms with Crippen LogP contribution >= 0.6 is 11.5 Å². The van der Waals surface area contributed by atoms with Crippen LogP contribution < -0.4 is 15.4 Å². The first-order valence-electron chi connectivity index (χ1n) is 9.91. The summed E-state index contributed by atoms with van der Waals surface area (Å²) in [5.74, 6) is 0.597. The summed E-state index contributed by atoms with van der Waals surface area (Å²) in [5.41, 5.74) is 1.68. The summed E-state index contributed by atoms with van der Waals surface area (Å²) in [4.78, 5) is 31.7. The molecule has 0 radical (unpaired) electrons. The van der Waals surface area contributed by atoms with Crippen molar-refractivity contribution in [3.05, 3.63) is 35.8 Å². The minimum atomic E-state index is -0.283. The standard InChI is InChI=1S/C20H25N5O4S/c1-12-7-18(30-24-12)23-20(27)22-17-5-6-25(19(26)13-10-29-11-13)9-15(17)16-4-3-14(28-2)8-21-16/h3-4,7-8,13,15,17H,5-6,9-11H2,1-2H3,(H2,22,23,27)/t15-,17+/m0/s1. The molecule has 0 aromatic carbocycles. The minimum Gasteiger partial charge on any atom is -0.495 e. The predicted octanol–water partition coefficient (Wildman–Crippen LogP) is 2.01. The molecule has 4 heterocycles. The number of carbonyl (C=O) groups is 2. The van der Waals surface area contributed by atoms with Gasteiger partial charge in [-0.15, -0.1) is 0 Å². The molecule has 9 nitrogen and oxygen atoms in total. The molecule has 10 heteroatoms. The number of urea groups is 1. The molecule has 2 aromatic rings. The SMILES string of the molecule is COc1ccc([C@@H]2CN(C(=O)C3COC3)CC[C@H]2NC(=O)Nc2cc(C)ns2)nc1. The number of aryl methyl sites for hydroxylation is 1. The molecule has 0 bridgehead atoms. The highest BCUT2D eigenvalue weighted by molar-refractivity contribution is 7.10. The van der Waals surface area contributed by atoms with Gasteiger partial charge in [0, 0.05) is 30.7 Å². The smallest absolute Gasteiger partial charge is 0.320 e. The van der Waals surface area contributed by atoms with Gasteiger partial charge in [-0.3, -0.25) is 15.1 Å². The van der Waals surface area contributed by atoms with Crippen molar-refractivity contribution in [3.63, 3.8) is 0 Å². The molecule has 2 aromatic heterocycles. The van der Waals surface area contributed by atoms with E-state index < -0.39 is 0 Å². The van der Waals surface area contributed by atoms with E-state index in [-0.39, 0.29) is 29.8 Å². The highest BCUT2D eigenvalue weighted by atomic mass is 32.1. The maximum atomic E-state index is 12.7. The molecule has 2 saturated heterocycles. The summed E-state index contributed by atoms with van der Waals surface area (Å²) >= 11 is 1.24. The maximum Gasteiger partial charge on any atom is 0.320 e. The Morgan fingerprint density at radius 3 is 2.77 bits per heavy atom. The van der Waals surface area contributed by atoms with Gasteiger partial charge in [-0.05, 0) is 43.1 Å². The van der Waals surface area contributed by atoms with Crippen LogP contribution in [-0.4, -0.2) is 65.7 Å². The number of methoxy groups -OCH3 is 1. The average molecular weight is 432 g/mol. The second-order valence-corrected chi connectivity index (χ2v) is 8.38. The number of rotatable bonds is 5. The third-order valence-electron chi connectivity index (χ3n) is 5.47. The topological polar surface area (TPSA) is 106 Å². The largest absolute Gasteiger partial charge is 0.495 e. The van der Waals surface area contributed by atoms with Gasteiger partial charge in [0.2, 0.25) is 5.91 Å². The number of pyridine rings is 1. The summed E-state index contributed by atoms with van der Waals surface area (Å²) in [6.07, 6.45) is 2.31. The Hall–Kier alpha value is -2.72. The fourth-order valence-electron chi connectivity index (χ4n) is 3.73. The van der Waals surface area contributed by atoms with E-state index in [1.165, 1.54) is 11.5 Å².